The van der Waals surface area contributed by atoms with E-state index in [1.807, 2.05) is 0 Å². The molecule has 2 aliphatic rings. The van der Waals surface area contributed by atoms with Crippen molar-refractivity contribution < 1.29 is 42.6 Å². The Morgan fingerprint density at radius 3 is 2.74 bits per heavy atom. The van der Waals surface area contributed by atoms with Crippen LogP contribution in [0.15, 0.2) is 46.0 Å². The van der Waals surface area contributed by atoms with Crippen molar-refractivity contribution in [3.05, 3.63) is 64.0 Å². The number of β-lactam (4-membered cyclic amide) rings is 1. The summed E-state index contributed by atoms with van der Waals surface area (Å²) in [6.45, 7) is 0.882. The van der Waals surface area contributed by atoms with Gasteiger partial charge in [0.2, 0.25) is 0 Å². The molecule has 0 spiro atoms. The van der Waals surface area contributed by atoms with Gasteiger partial charge < -0.3 is 24.3 Å². The molecular weight excluding hydrogens is 507 g/mol. The summed E-state index contributed by atoms with van der Waals surface area (Å²) in [4.78, 5) is 49.2. The number of fused-ring (bicyclic) bond motifs is 1. The summed E-state index contributed by atoms with van der Waals surface area (Å²) in [5.41, 5.74) is 0.0476. The van der Waals surface area contributed by atoms with Crippen molar-refractivity contribution in [2.24, 2.45) is 0 Å². The highest BCUT2D eigenvalue weighted by molar-refractivity contribution is 8.00. The van der Waals surface area contributed by atoms with Gasteiger partial charge in [0.25, 0.3) is 11.8 Å². The number of esters is 1. The maximum atomic E-state index is 13.1. The van der Waals surface area contributed by atoms with Gasteiger partial charge in [0.05, 0.1) is 5.02 Å². The van der Waals surface area contributed by atoms with Crippen molar-refractivity contribution >= 4 is 47.1 Å². The molecule has 2 amide bonds. The summed E-state index contributed by atoms with van der Waals surface area (Å²) in [5.74, 6) is -3.02. The predicted molar refractivity (Wildman–Crippen MR) is 120 cm³/mol. The van der Waals surface area contributed by atoms with E-state index in [1.165, 1.54) is 43.0 Å². The van der Waals surface area contributed by atoms with Crippen LogP contribution in [-0.4, -0.2) is 57.5 Å². The zero-order valence-corrected chi connectivity index (χ0v) is 19.7. The van der Waals surface area contributed by atoms with Crippen molar-refractivity contribution in [1.82, 2.24) is 10.2 Å². The van der Waals surface area contributed by atoms with Gasteiger partial charge in [-0.1, -0.05) is 11.6 Å². The van der Waals surface area contributed by atoms with Gasteiger partial charge in [0.1, 0.15) is 47.7 Å². The number of rotatable bonds is 8. The van der Waals surface area contributed by atoms with Crippen LogP contribution in [0.5, 0.6) is 5.75 Å². The molecule has 1 aromatic carbocycles. The second-order valence-corrected chi connectivity index (χ2v) is 9.04. The maximum Gasteiger partial charge on any atom is 0.352 e. The van der Waals surface area contributed by atoms with Gasteiger partial charge in [-0.15, -0.1) is 11.8 Å². The minimum Gasteiger partial charge on any atom is -0.484 e. The number of ether oxygens (including phenoxy) is 2. The Kier molecular flexibility index (Phi) is 7.03. The molecule has 2 aromatic rings. The second-order valence-electron chi connectivity index (χ2n) is 7.53. The molecule has 4 rings (SSSR count). The third kappa shape index (κ3) is 5.13. The van der Waals surface area contributed by atoms with Crippen molar-refractivity contribution in [3.63, 3.8) is 0 Å². The summed E-state index contributed by atoms with van der Waals surface area (Å²) < 4.78 is 29.0. The number of carboxylic acids is 1. The second kappa shape index (κ2) is 10.0. The number of nitrogens with one attached hydrogen (secondary N) is 1. The number of amides is 2. The summed E-state index contributed by atoms with van der Waals surface area (Å²) >= 11 is 7.16. The van der Waals surface area contributed by atoms with Crippen LogP contribution in [0.2, 0.25) is 5.02 Å². The highest BCUT2D eigenvalue weighted by Crippen LogP contribution is 2.40. The zero-order valence-electron chi connectivity index (χ0n) is 18.1. The van der Waals surface area contributed by atoms with E-state index >= 15 is 0 Å². The van der Waals surface area contributed by atoms with Crippen LogP contribution in [-0.2, 0) is 25.7 Å². The number of carbonyl (C=O) groups excluding carboxylic acids is 3. The lowest BCUT2D eigenvalue weighted by Gasteiger charge is -2.49. The SMILES string of the molecule is CC(=O)OCC1=C(C(=O)O)N2C(=O)[C@H](NC(=O)c3ccc(COc4ccc(F)cc4Cl)o3)[C@@H]2SC1. The molecule has 1 saturated heterocycles. The molecular formula is C22H18ClFN2O8S. The number of hydrogen-bond donors (Lipinski definition) is 2. The number of aliphatic carboxylic acids is 1. The first-order chi connectivity index (χ1) is 16.7. The molecule has 0 unspecified atom stereocenters. The fourth-order valence-electron chi connectivity index (χ4n) is 3.51. The van der Waals surface area contributed by atoms with E-state index in [0.717, 1.165) is 11.0 Å². The quantitative estimate of drug-likeness (QED) is 0.394. The molecule has 1 fully saturated rings. The molecule has 0 aliphatic carbocycles. The molecule has 3 heterocycles. The Morgan fingerprint density at radius 1 is 1.29 bits per heavy atom. The number of carboxylic acid groups (broad SMARTS) is 1. The molecule has 2 aliphatic heterocycles. The average Bonchev–Trinajstić information content (AvgIpc) is 3.28. The van der Waals surface area contributed by atoms with Gasteiger partial charge in [0, 0.05) is 18.2 Å². The van der Waals surface area contributed by atoms with Crippen molar-refractivity contribution in [2.75, 3.05) is 12.4 Å². The van der Waals surface area contributed by atoms with Crippen LogP contribution in [0.4, 0.5) is 4.39 Å². The third-order valence-electron chi connectivity index (χ3n) is 5.14. The summed E-state index contributed by atoms with van der Waals surface area (Å²) in [6, 6.07) is 5.60. The Labute approximate surface area is 207 Å². The minimum atomic E-state index is -1.33. The van der Waals surface area contributed by atoms with E-state index in [0.29, 0.717) is 5.57 Å². The normalized spacial score (nSPS) is 19.1. The number of nitrogens with zero attached hydrogens (tertiary/aromatic N) is 1. The van der Waals surface area contributed by atoms with Crippen LogP contribution in [0.25, 0.3) is 0 Å². The number of benzene rings is 1. The molecule has 13 heteroatoms. The van der Waals surface area contributed by atoms with Crippen LogP contribution in [0.1, 0.15) is 23.2 Å². The number of carbonyl (C=O) groups is 4. The van der Waals surface area contributed by atoms with Crippen LogP contribution in [0.3, 0.4) is 0 Å². The lowest BCUT2D eigenvalue weighted by atomic mass is 10.0. The Balaban J connectivity index is 1.38. The van der Waals surface area contributed by atoms with Gasteiger partial charge in [-0.3, -0.25) is 19.3 Å². The summed E-state index contributed by atoms with van der Waals surface area (Å²) in [7, 11) is 0. The van der Waals surface area contributed by atoms with Crippen LogP contribution < -0.4 is 10.1 Å². The number of hydrogen-bond acceptors (Lipinski definition) is 8. The number of thioether (sulfide) groups is 1. The standard InChI is InChI=1S/C22H18ClFN2O8S/c1-10(27)32-7-11-9-35-21-17(20(29)26(21)18(11)22(30)31)25-19(28)16-5-3-13(34-16)8-33-15-4-2-12(24)6-14(15)23/h2-6,17,21H,7-9H2,1H3,(H,25,28)(H,30,31)/t17-,21-/m0/s1. The van der Waals surface area contributed by atoms with E-state index in [9.17, 15) is 28.7 Å². The fourth-order valence-corrected chi connectivity index (χ4v) is 5.06. The van der Waals surface area contributed by atoms with Gasteiger partial charge >= 0.3 is 11.9 Å². The average molecular weight is 525 g/mol. The number of furan rings is 1. The Bertz CT molecular complexity index is 1250. The molecule has 10 nitrogen and oxygen atoms in total. The van der Waals surface area contributed by atoms with E-state index in [4.69, 9.17) is 25.5 Å². The lowest BCUT2D eigenvalue weighted by molar-refractivity contribution is -0.149. The molecule has 184 valence electrons. The van der Waals surface area contributed by atoms with Crippen molar-refractivity contribution in [1.29, 1.82) is 0 Å². The summed E-state index contributed by atoms with van der Waals surface area (Å²) in [6.07, 6.45) is 0. The van der Waals surface area contributed by atoms with Crippen LogP contribution in [0, 0.1) is 5.82 Å². The van der Waals surface area contributed by atoms with E-state index < -0.39 is 41.0 Å². The van der Waals surface area contributed by atoms with Gasteiger partial charge in [-0.2, -0.15) is 0 Å². The molecule has 2 atom stereocenters. The highest BCUT2D eigenvalue weighted by Gasteiger charge is 2.54. The van der Waals surface area contributed by atoms with E-state index in [2.05, 4.69) is 5.32 Å². The lowest BCUT2D eigenvalue weighted by Crippen LogP contribution is -2.70. The largest absolute Gasteiger partial charge is 0.484 e. The first kappa shape index (κ1) is 24.6. The van der Waals surface area contributed by atoms with Gasteiger partial charge in [-0.25, -0.2) is 9.18 Å². The van der Waals surface area contributed by atoms with E-state index in [-0.39, 0.29) is 47.0 Å². The first-order valence-corrected chi connectivity index (χ1v) is 11.6. The predicted octanol–water partition coefficient (Wildman–Crippen LogP) is 2.57. The molecule has 0 bridgehead atoms. The monoisotopic (exact) mass is 524 g/mol. The molecule has 2 N–H and O–H groups in total. The fraction of sp³-hybridized carbons (Fsp3) is 0.273. The molecule has 0 saturated carbocycles. The zero-order chi connectivity index (χ0) is 25.3. The highest BCUT2D eigenvalue weighted by atomic mass is 35.5. The van der Waals surface area contributed by atoms with Gasteiger partial charge in [0.15, 0.2) is 5.76 Å². The molecule has 35 heavy (non-hydrogen) atoms. The van der Waals surface area contributed by atoms with Crippen molar-refractivity contribution in [3.8, 4) is 5.75 Å². The first-order valence-electron chi connectivity index (χ1n) is 10.2. The maximum absolute atomic E-state index is 13.1. The van der Waals surface area contributed by atoms with E-state index in [1.54, 1.807) is 0 Å². The third-order valence-corrected chi connectivity index (χ3v) is 6.77. The summed E-state index contributed by atoms with van der Waals surface area (Å²) in [5, 5.41) is 11.6. The van der Waals surface area contributed by atoms with Crippen LogP contribution >= 0.6 is 23.4 Å². The van der Waals surface area contributed by atoms with Gasteiger partial charge in [-0.05, 0) is 30.3 Å². The topological polar surface area (TPSA) is 135 Å². The Hall–Kier alpha value is -3.51. The number of halogens is 2. The smallest absolute Gasteiger partial charge is 0.352 e. The molecule has 0 radical (unpaired) electrons. The molecule has 1 aromatic heterocycles. The van der Waals surface area contributed by atoms with Crippen molar-refractivity contribution in [2.45, 2.75) is 24.9 Å². The minimum absolute atomic E-state index is 0.0783. The Morgan fingerprint density at radius 2 is 2.06 bits per heavy atom.